The monoisotopic (exact) mass is 239 g/mol. The zero-order chi connectivity index (χ0) is 13.0. The molecule has 2 aromatic carbocycles. The summed E-state index contributed by atoms with van der Waals surface area (Å²) in [5.41, 5.74) is 2.45. The van der Waals surface area contributed by atoms with Crippen molar-refractivity contribution in [2.24, 2.45) is 0 Å². The van der Waals surface area contributed by atoms with Crippen LogP contribution in [0.5, 0.6) is 11.5 Å². The molecule has 0 saturated carbocycles. The van der Waals surface area contributed by atoms with E-state index in [-0.39, 0.29) is 0 Å². The minimum absolute atomic E-state index is 0.605. The Morgan fingerprint density at radius 1 is 1.00 bits per heavy atom. The molecule has 0 N–H and O–H groups in total. The standard InChI is InChI=1S/C15H13NO2/c1-17-13-5-3-4-12(9-13)14-8-11(10-16)6-7-15(14)18-2/h3-9H,1-2H3. The fourth-order valence-electron chi connectivity index (χ4n) is 1.79. The predicted octanol–water partition coefficient (Wildman–Crippen LogP) is 3.24. The van der Waals surface area contributed by atoms with Crippen LogP contribution in [0.1, 0.15) is 5.56 Å². The van der Waals surface area contributed by atoms with Crippen LogP contribution in [0.3, 0.4) is 0 Å². The van der Waals surface area contributed by atoms with E-state index in [4.69, 9.17) is 14.7 Å². The number of nitriles is 1. The second-order valence-electron chi connectivity index (χ2n) is 3.76. The fourth-order valence-corrected chi connectivity index (χ4v) is 1.79. The van der Waals surface area contributed by atoms with E-state index in [1.807, 2.05) is 30.3 Å². The Balaban J connectivity index is 2.57. The van der Waals surface area contributed by atoms with Gasteiger partial charge in [-0.25, -0.2) is 0 Å². The van der Waals surface area contributed by atoms with Gasteiger partial charge in [-0.2, -0.15) is 5.26 Å². The first-order valence-corrected chi connectivity index (χ1v) is 5.51. The van der Waals surface area contributed by atoms with Crippen LogP contribution in [-0.2, 0) is 0 Å². The average Bonchev–Trinajstić information content (AvgIpc) is 2.46. The molecule has 0 unspecified atom stereocenters. The van der Waals surface area contributed by atoms with Crippen molar-refractivity contribution in [2.45, 2.75) is 0 Å². The SMILES string of the molecule is COc1cccc(-c2cc(C#N)ccc2OC)c1. The third kappa shape index (κ3) is 2.28. The highest BCUT2D eigenvalue weighted by Gasteiger charge is 2.07. The van der Waals surface area contributed by atoms with Crippen molar-refractivity contribution in [1.29, 1.82) is 5.26 Å². The van der Waals surface area contributed by atoms with Crippen LogP contribution >= 0.6 is 0 Å². The molecule has 0 aliphatic carbocycles. The molecule has 0 aliphatic rings. The van der Waals surface area contributed by atoms with Crippen molar-refractivity contribution in [3.8, 4) is 28.7 Å². The van der Waals surface area contributed by atoms with Crippen molar-refractivity contribution in [3.63, 3.8) is 0 Å². The first-order chi connectivity index (χ1) is 8.78. The van der Waals surface area contributed by atoms with Crippen LogP contribution in [0.2, 0.25) is 0 Å². The van der Waals surface area contributed by atoms with E-state index in [9.17, 15) is 0 Å². The Labute approximate surface area is 106 Å². The third-order valence-electron chi connectivity index (χ3n) is 2.71. The topological polar surface area (TPSA) is 42.2 Å². The highest BCUT2D eigenvalue weighted by molar-refractivity contribution is 5.73. The van der Waals surface area contributed by atoms with Crippen LogP contribution in [-0.4, -0.2) is 14.2 Å². The van der Waals surface area contributed by atoms with Gasteiger partial charge in [0.1, 0.15) is 11.5 Å². The van der Waals surface area contributed by atoms with Gasteiger partial charge in [-0.15, -0.1) is 0 Å². The van der Waals surface area contributed by atoms with Crippen molar-refractivity contribution in [3.05, 3.63) is 48.0 Å². The largest absolute Gasteiger partial charge is 0.497 e. The number of nitrogens with zero attached hydrogens (tertiary/aromatic N) is 1. The van der Waals surface area contributed by atoms with E-state index in [2.05, 4.69) is 6.07 Å². The van der Waals surface area contributed by atoms with Gasteiger partial charge in [0.15, 0.2) is 0 Å². The Morgan fingerprint density at radius 3 is 2.50 bits per heavy atom. The number of benzene rings is 2. The van der Waals surface area contributed by atoms with Gasteiger partial charge in [-0.1, -0.05) is 12.1 Å². The average molecular weight is 239 g/mol. The normalized spacial score (nSPS) is 9.61. The van der Waals surface area contributed by atoms with Gasteiger partial charge in [-0.05, 0) is 35.9 Å². The maximum atomic E-state index is 8.96. The van der Waals surface area contributed by atoms with Crippen molar-refractivity contribution >= 4 is 0 Å². The predicted molar refractivity (Wildman–Crippen MR) is 69.7 cm³/mol. The lowest BCUT2D eigenvalue weighted by Gasteiger charge is -2.10. The Bertz CT molecular complexity index is 600. The van der Waals surface area contributed by atoms with Gasteiger partial charge >= 0.3 is 0 Å². The number of ether oxygens (including phenoxy) is 2. The summed E-state index contributed by atoms with van der Waals surface area (Å²) in [5, 5.41) is 8.96. The van der Waals surface area contributed by atoms with Gasteiger partial charge in [0, 0.05) is 5.56 Å². The summed E-state index contributed by atoms with van der Waals surface area (Å²) in [6.07, 6.45) is 0. The summed E-state index contributed by atoms with van der Waals surface area (Å²) in [4.78, 5) is 0. The molecular formula is C15H13NO2. The van der Waals surface area contributed by atoms with E-state index in [1.165, 1.54) is 0 Å². The Kier molecular flexibility index (Phi) is 3.49. The molecule has 0 amide bonds. The second-order valence-corrected chi connectivity index (χ2v) is 3.76. The number of methoxy groups -OCH3 is 2. The summed E-state index contributed by atoms with van der Waals surface area (Å²) in [6.45, 7) is 0. The fraction of sp³-hybridized carbons (Fsp3) is 0.133. The molecule has 0 fully saturated rings. The molecule has 3 heteroatoms. The van der Waals surface area contributed by atoms with E-state index >= 15 is 0 Å². The lowest BCUT2D eigenvalue weighted by molar-refractivity contribution is 0.413. The molecule has 0 aromatic heterocycles. The highest BCUT2D eigenvalue weighted by Crippen LogP contribution is 2.32. The minimum Gasteiger partial charge on any atom is -0.497 e. The lowest BCUT2D eigenvalue weighted by atomic mass is 10.0. The van der Waals surface area contributed by atoms with E-state index in [0.717, 1.165) is 22.6 Å². The quantitative estimate of drug-likeness (QED) is 0.825. The molecule has 0 heterocycles. The summed E-state index contributed by atoms with van der Waals surface area (Å²) in [6, 6.07) is 15.1. The van der Waals surface area contributed by atoms with E-state index in [0.29, 0.717) is 5.56 Å². The molecule has 3 nitrogen and oxygen atoms in total. The molecule has 2 rings (SSSR count). The van der Waals surface area contributed by atoms with Gasteiger partial charge in [0.25, 0.3) is 0 Å². The van der Waals surface area contributed by atoms with E-state index < -0.39 is 0 Å². The summed E-state index contributed by atoms with van der Waals surface area (Å²) in [5.74, 6) is 1.51. The van der Waals surface area contributed by atoms with Gasteiger partial charge in [0.05, 0.1) is 25.9 Å². The first kappa shape index (κ1) is 12.0. The van der Waals surface area contributed by atoms with Crippen molar-refractivity contribution in [1.82, 2.24) is 0 Å². The summed E-state index contributed by atoms with van der Waals surface area (Å²) < 4.78 is 10.5. The summed E-state index contributed by atoms with van der Waals surface area (Å²) in [7, 11) is 3.24. The van der Waals surface area contributed by atoms with Crippen LogP contribution in [0.25, 0.3) is 11.1 Å². The second kappa shape index (κ2) is 5.24. The van der Waals surface area contributed by atoms with Gasteiger partial charge in [0.2, 0.25) is 0 Å². The van der Waals surface area contributed by atoms with Crippen LogP contribution in [0.15, 0.2) is 42.5 Å². The molecule has 0 atom stereocenters. The molecular weight excluding hydrogens is 226 g/mol. The van der Waals surface area contributed by atoms with E-state index in [1.54, 1.807) is 26.4 Å². The smallest absolute Gasteiger partial charge is 0.126 e. The number of rotatable bonds is 3. The molecule has 0 saturated heterocycles. The zero-order valence-electron chi connectivity index (χ0n) is 10.3. The molecule has 0 aliphatic heterocycles. The van der Waals surface area contributed by atoms with Crippen LogP contribution in [0, 0.1) is 11.3 Å². The molecule has 2 aromatic rings. The third-order valence-corrected chi connectivity index (χ3v) is 2.71. The maximum Gasteiger partial charge on any atom is 0.126 e. The Hall–Kier alpha value is -2.47. The highest BCUT2D eigenvalue weighted by atomic mass is 16.5. The molecule has 0 spiro atoms. The number of hydrogen-bond donors (Lipinski definition) is 0. The van der Waals surface area contributed by atoms with Crippen LogP contribution < -0.4 is 9.47 Å². The number of hydrogen-bond acceptors (Lipinski definition) is 3. The van der Waals surface area contributed by atoms with Crippen molar-refractivity contribution < 1.29 is 9.47 Å². The summed E-state index contributed by atoms with van der Waals surface area (Å²) >= 11 is 0. The maximum absolute atomic E-state index is 8.96. The lowest BCUT2D eigenvalue weighted by Crippen LogP contribution is -1.90. The van der Waals surface area contributed by atoms with Crippen LogP contribution in [0.4, 0.5) is 0 Å². The molecule has 90 valence electrons. The molecule has 0 radical (unpaired) electrons. The minimum atomic E-state index is 0.605. The van der Waals surface area contributed by atoms with Crippen molar-refractivity contribution in [2.75, 3.05) is 14.2 Å². The van der Waals surface area contributed by atoms with Gasteiger partial charge < -0.3 is 9.47 Å². The first-order valence-electron chi connectivity index (χ1n) is 5.51. The van der Waals surface area contributed by atoms with Gasteiger partial charge in [-0.3, -0.25) is 0 Å². The molecule has 0 bridgehead atoms. The molecule has 18 heavy (non-hydrogen) atoms. The Morgan fingerprint density at radius 2 is 1.83 bits per heavy atom. The zero-order valence-corrected chi connectivity index (χ0v) is 10.3.